The van der Waals surface area contributed by atoms with Gasteiger partial charge in [-0.2, -0.15) is 5.10 Å². The molecule has 1 N–H and O–H groups in total. The van der Waals surface area contributed by atoms with Gasteiger partial charge in [0.15, 0.2) is 0 Å². The number of hydrogen-bond acceptors (Lipinski definition) is 2. The quantitative estimate of drug-likeness (QED) is 0.879. The van der Waals surface area contributed by atoms with Gasteiger partial charge in [-0.1, -0.05) is 33.6 Å². The van der Waals surface area contributed by atoms with Crippen LogP contribution in [0.3, 0.4) is 0 Å². The van der Waals surface area contributed by atoms with Crippen molar-refractivity contribution in [3.8, 4) is 0 Å². The van der Waals surface area contributed by atoms with Gasteiger partial charge < -0.3 is 5.32 Å². The van der Waals surface area contributed by atoms with E-state index >= 15 is 0 Å². The first-order chi connectivity index (χ1) is 9.45. The Morgan fingerprint density at radius 1 is 1.40 bits per heavy atom. The summed E-state index contributed by atoms with van der Waals surface area (Å²) in [5.41, 5.74) is 1.79. The van der Waals surface area contributed by atoms with E-state index in [2.05, 4.69) is 26.3 Å². The predicted molar refractivity (Wildman–Crippen MR) is 82.6 cm³/mol. The van der Waals surface area contributed by atoms with E-state index in [1.165, 1.54) is 12.1 Å². The molecule has 0 amide bonds. The van der Waals surface area contributed by atoms with Crippen molar-refractivity contribution in [2.45, 2.75) is 25.9 Å². The Balaban J connectivity index is 2.55. The number of halogens is 3. The second kappa shape index (κ2) is 6.24. The lowest BCUT2D eigenvalue weighted by Crippen LogP contribution is -2.23. The van der Waals surface area contributed by atoms with E-state index in [1.54, 1.807) is 12.3 Å². The molecule has 0 radical (unpaired) electrons. The van der Waals surface area contributed by atoms with Crippen LogP contribution in [-0.4, -0.2) is 16.8 Å². The monoisotopic (exact) mass is 359 g/mol. The first-order valence-electron chi connectivity index (χ1n) is 6.30. The van der Waals surface area contributed by atoms with Crippen LogP contribution in [0.25, 0.3) is 0 Å². The summed E-state index contributed by atoms with van der Waals surface area (Å²) in [6, 6.07) is 4.65. The lowest BCUT2D eigenvalue weighted by molar-refractivity contribution is 0.483. The SMILES string of the molecule is CNC(c1ccc(F)cc1Br)c1c(Cl)cnn1C(C)C. The van der Waals surface area contributed by atoms with E-state index < -0.39 is 0 Å². The lowest BCUT2D eigenvalue weighted by atomic mass is 10.0. The molecule has 0 saturated carbocycles. The Labute approximate surface area is 131 Å². The van der Waals surface area contributed by atoms with Gasteiger partial charge in [0.25, 0.3) is 0 Å². The van der Waals surface area contributed by atoms with E-state index in [4.69, 9.17) is 11.6 Å². The highest BCUT2D eigenvalue weighted by molar-refractivity contribution is 9.10. The summed E-state index contributed by atoms with van der Waals surface area (Å²) in [5, 5.41) is 8.12. The van der Waals surface area contributed by atoms with Crippen LogP contribution in [0.4, 0.5) is 4.39 Å². The van der Waals surface area contributed by atoms with Crippen LogP contribution >= 0.6 is 27.5 Å². The normalized spacial score (nSPS) is 12.9. The molecule has 1 atom stereocenters. The molecule has 0 saturated heterocycles. The zero-order valence-corrected chi connectivity index (χ0v) is 13.8. The van der Waals surface area contributed by atoms with Crippen molar-refractivity contribution in [1.82, 2.24) is 15.1 Å². The average molecular weight is 361 g/mol. The molecule has 0 fully saturated rings. The number of rotatable bonds is 4. The maximum Gasteiger partial charge on any atom is 0.124 e. The number of nitrogens with zero attached hydrogens (tertiary/aromatic N) is 2. The molecule has 0 spiro atoms. The molecule has 1 heterocycles. The van der Waals surface area contributed by atoms with Gasteiger partial charge in [-0.25, -0.2) is 4.39 Å². The Bertz CT molecular complexity index is 612. The fourth-order valence-electron chi connectivity index (χ4n) is 2.21. The largest absolute Gasteiger partial charge is 0.308 e. The van der Waals surface area contributed by atoms with E-state index in [9.17, 15) is 4.39 Å². The number of benzene rings is 1. The van der Waals surface area contributed by atoms with Crippen LogP contribution in [-0.2, 0) is 0 Å². The third-order valence-electron chi connectivity index (χ3n) is 3.11. The van der Waals surface area contributed by atoms with Crippen molar-refractivity contribution < 1.29 is 4.39 Å². The predicted octanol–water partition coefficient (Wildman–Crippen LogP) is 4.33. The van der Waals surface area contributed by atoms with E-state index in [1.807, 2.05) is 25.6 Å². The first-order valence-corrected chi connectivity index (χ1v) is 7.48. The van der Waals surface area contributed by atoms with Crippen LogP contribution in [0.2, 0.25) is 5.02 Å². The van der Waals surface area contributed by atoms with Crippen LogP contribution in [0.5, 0.6) is 0 Å². The molecular weight excluding hydrogens is 345 g/mol. The summed E-state index contributed by atoms with van der Waals surface area (Å²) >= 11 is 9.69. The van der Waals surface area contributed by atoms with Gasteiger partial charge in [-0.05, 0) is 38.6 Å². The molecule has 0 bridgehead atoms. The van der Waals surface area contributed by atoms with Gasteiger partial charge in [0.05, 0.1) is 23.0 Å². The smallest absolute Gasteiger partial charge is 0.124 e. The fraction of sp³-hybridized carbons (Fsp3) is 0.357. The summed E-state index contributed by atoms with van der Waals surface area (Å²) in [6.45, 7) is 4.08. The average Bonchev–Trinajstić information content (AvgIpc) is 2.75. The van der Waals surface area contributed by atoms with Crippen LogP contribution in [0.1, 0.15) is 37.2 Å². The van der Waals surface area contributed by atoms with E-state index in [-0.39, 0.29) is 17.9 Å². The van der Waals surface area contributed by atoms with Gasteiger partial charge in [0, 0.05) is 10.5 Å². The molecule has 1 aromatic carbocycles. The highest BCUT2D eigenvalue weighted by atomic mass is 79.9. The first kappa shape index (κ1) is 15.5. The minimum atomic E-state index is -0.279. The molecule has 6 heteroatoms. The zero-order valence-electron chi connectivity index (χ0n) is 11.5. The Kier molecular flexibility index (Phi) is 4.83. The molecule has 0 aliphatic rings. The number of hydrogen-bond donors (Lipinski definition) is 1. The summed E-state index contributed by atoms with van der Waals surface area (Å²) < 4.78 is 15.8. The standard InChI is InChI=1S/C14H16BrClFN3/c1-8(2)20-14(12(16)7-19-20)13(18-3)10-5-4-9(17)6-11(10)15/h4-8,13,18H,1-3H3. The van der Waals surface area contributed by atoms with Crippen LogP contribution < -0.4 is 5.32 Å². The topological polar surface area (TPSA) is 29.9 Å². The maximum atomic E-state index is 13.3. The van der Waals surface area contributed by atoms with Gasteiger partial charge in [0.2, 0.25) is 0 Å². The molecular formula is C14H16BrClFN3. The fourth-order valence-corrected chi connectivity index (χ4v) is 3.03. The summed E-state index contributed by atoms with van der Waals surface area (Å²) in [5.74, 6) is -0.279. The Morgan fingerprint density at radius 2 is 2.10 bits per heavy atom. The minimum absolute atomic E-state index is 0.164. The van der Waals surface area contributed by atoms with Crippen molar-refractivity contribution in [3.05, 3.63) is 51.0 Å². The van der Waals surface area contributed by atoms with Crippen molar-refractivity contribution in [2.75, 3.05) is 7.05 Å². The number of aromatic nitrogens is 2. The molecule has 0 aliphatic heterocycles. The highest BCUT2D eigenvalue weighted by Gasteiger charge is 2.23. The molecule has 108 valence electrons. The van der Waals surface area contributed by atoms with Crippen molar-refractivity contribution in [2.24, 2.45) is 0 Å². The summed E-state index contributed by atoms with van der Waals surface area (Å²) in [7, 11) is 1.84. The second-order valence-electron chi connectivity index (χ2n) is 4.80. The molecule has 20 heavy (non-hydrogen) atoms. The minimum Gasteiger partial charge on any atom is -0.308 e. The lowest BCUT2D eigenvalue weighted by Gasteiger charge is -2.22. The van der Waals surface area contributed by atoms with E-state index in [0.717, 1.165) is 11.3 Å². The molecule has 0 aliphatic carbocycles. The van der Waals surface area contributed by atoms with Crippen molar-refractivity contribution >= 4 is 27.5 Å². The van der Waals surface area contributed by atoms with Gasteiger partial charge in [0.1, 0.15) is 5.82 Å². The Hall–Kier alpha value is -0.910. The molecule has 1 aromatic heterocycles. The second-order valence-corrected chi connectivity index (χ2v) is 6.07. The van der Waals surface area contributed by atoms with Crippen molar-refractivity contribution in [1.29, 1.82) is 0 Å². The summed E-state index contributed by atoms with van der Waals surface area (Å²) in [6.07, 6.45) is 1.64. The third-order valence-corrected chi connectivity index (χ3v) is 4.09. The van der Waals surface area contributed by atoms with Crippen LogP contribution in [0, 0.1) is 5.82 Å². The molecule has 1 unspecified atom stereocenters. The van der Waals surface area contributed by atoms with Crippen molar-refractivity contribution in [3.63, 3.8) is 0 Å². The Morgan fingerprint density at radius 3 is 2.65 bits per heavy atom. The van der Waals surface area contributed by atoms with Gasteiger partial charge in [-0.15, -0.1) is 0 Å². The highest BCUT2D eigenvalue weighted by Crippen LogP contribution is 2.33. The van der Waals surface area contributed by atoms with Gasteiger partial charge >= 0.3 is 0 Å². The third kappa shape index (κ3) is 2.90. The van der Waals surface area contributed by atoms with E-state index in [0.29, 0.717) is 9.50 Å². The summed E-state index contributed by atoms with van der Waals surface area (Å²) in [4.78, 5) is 0. The van der Waals surface area contributed by atoms with Crippen LogP contribution in [0.15, 0.2) is 28.9 Å². The number of nitrogens with one attached hydrogen (secondary N) is 1. The van der Waals surface area contributed by atoms with Gasteiger partial charge in [-0.3, -0.25) is 4.68 Å². The molecule has 3 nitrogen and oxygen atoms in total. The maximum absolute atomic E-state index is 13.3. The zero-order chi connectivity index (χ0) is 14.9. The molecule has 2 rings (SSSR count). The molecule has 2 aromatic rings.